The van der Waals surface area contributed by atoms with Gasteiger partial charge < -0.3 is 9.84 Å². The minimum absolute atomic E-state index is 0.220. The number of carbonyl (C=O) groups is 1. The molecule has 0 bridgehead atoms. The molecule has 1 amide bonds. The molecule has 5 heteroatoms. The van der Waals surface area contributed by atoms with Crippen molar-refractivity contribution >= 4 is 5.91 Å². The Morgan fingerprint density at radius 3 is 3.00 bits per heavy atom. The van der Waals surface area contributed by atoms with Crippen LogP contribution in [-0.2, 0) is 0 Å². The van der Waals surface area contributed by atoms with Gasteiger partial charge in [-0.2, -0.15) is 0 Å². The molecule has 1 N–H and O–H groups in total. The number of pyridine rings is 1. The van der Waals surface area contributed by atoms with Gasteiger partial charge >= 0.3 is 0 Å². The molecule has 5 nitrogen and oxygen atoms in total. The van der Waals surface area contributed by atoms with E-state index in [2.05, 4.69) is 15.5 Å². The first-order chi connectivity index (χ1) is 8.66. The summed E-state index contributed by atoms with van der Waals surface area (Å²) in [5, 5.41) is 6.54. The molecule has 0 atom stereocenters. The molecule has 0 aliphatic rings. The summed E-state index contributed by atoms with van der Waals surface area (Å²) in [6.07, 6.45) is 3.34. The van der Waals surface area contributed by atoms with Crippen LogP contribution in [0.15, 0.2) is 35.1 Å². The third kappa shape index (κ3) is 2.94. The Balaban J connectivity index is 2.09. The number of nitrogens with one attached hydrogen (secondary N) is 1. The molecule has 0 unspecified atom stereocenters. The molecule has 2 aromatic heterocycles. The van der Waals surface area contributed by atoms with Gasteiger partial charge in [0.15, 0.2) is 11.5 Å². The molecule has 0 aliphatic heterocycles. The van der Waals surface area contributed by atoms with Gasteiger partial charge in [0.1, 0.15) is 0 Å². The van der Waals surface area contributed by atoms with E-state index in [4.69, 9.17) is 4.52 Å². The lowest BCUT2D eigenvalue weighted by Gasteiger charge is -2.04. The van der Waals surface area contributed by atoms with Crippen LogP contribution >= 0.6 is 0 Å². The predicted molar refractivity (Wildman–Crippen MR) is 66.9 cm³/mol. The zero-order chi connectivity index (χ0) is 13.0. The monoisotopic (exact) mass is 245 g/mol. The van der Waals surface area contributed by atoms with Gasteiger partial charge in [-0.15, -0.1) is 0 Å². The van der Waals surface area contributed by atoms with Crippen LogP contribution < -0.4 is 5.32 Å². The third-order valence-electron chi connectivity index (χ3n) is 2.36. The molecule has 0 aliphatic carbocycles. The standard InChI is InChI=1S/C13H15N3O2/c1-9(2)7-15-13(17)11-6-12(18-16-11)10-4-3-5-14-8-10/h3-6,8-9H,7H2,1-2H3,(H,15,17). The van der Waals surface area contributed by atoms with E-state index in [0.29, 0.717) is 18.2 Å². The van der Waals surface area contributed by atoms with Gasteiger partial charge in [0.25, 0.3) is 5.91 Å². The number of amides is 1. The van der Waals surface area contributed by atoms with E-state index in [0.717, 1.165) is 5.56 Å². The Kier molecular flexibility index (Phi) is 3.72. The van der Waals surface area contributed by atoms with E-state index in [1.165, 1.54) is 0 Å². The quantitative estimate of drug-likeness (QED) is 0.895. The maximum atomic E-state index is 11.7. The highest BCUT2D eigenvalue weighted by atomic mass is 16.5. The Morgan fingerprint density at radius 1 is 1.50 bits per heavy atom. The van der Waals surface area contributed by atoms with Gasteiger partial charge in [0.2, 0.25) is 0 Å². The second-order valence-corrected chi connectivity index (χ2v) is 4.42. The Morgan fingerprint density at radius 2 is 2.33 bits per heavy atom. The van der Waals surface area contributed by atoms with Crippen LogP contribution in [0.2, 0.25) is 0 Å². The highest BCUT2D eigenvalue weighted by Crippen LogP contribution is 2.18. The fraction of sp³-hybridized carbons (Fsp3) is 0.308. The van der Waals surface area contributed by atoms with Crippen LogP contribution in [0.5, 0.6) is 0 Å². The molecular formula is C13H15N3O2. The van der Waals surface area contributed by atoms with Crippen molar-refractivity contribution in [1.82, 2.24) is 15.5 Å². The number of nitrogens with zero attached hydrogens (tertiary/aromatic N) is 2. The van der Waals surface area contributed by atoms with Crippen molar-refractivity contribution in [2.24, 2.45) is 5.92 Å². The summed E-state index contributed by atoms with van der Waals surface area (Å²) in [5.41, 5.74) is 1.09. The lowest BCUT2D eigenvalue weighted by Crippen LogP contribution is -2.27. The Bertz CT molecular complexity index is 520. The largest absolute Gasteiger partial charge is 0.355 e. The molecule has 0 saturated heterocycles. The summed E-state index contributed by atoms with van der Waals surface area (Å²) < 4.78 is 5.13. The second-order valence-electron chi connectivity index (χ2n) is 4.42. The summed E-state index contributed by atoms with van der Waals surface area (Å²) in [6.45, 7) is 4.68. The van der Waals surface area contributed by atoms with Crippen LogP contribution in [0.3, 0.4) is 0 Å². The lowest BCUT2D eigenvalue weighted by molar-refractivity contribution is 0.0940. The van der Waals surface area contributed by atoms with E-state index in [1.54, 1.807) is 24.5 Å². The summed E-state index contributed by atoms with van der Waals surface area (Å²) >= 11 is 0. The van der Waals surface area contributed by atoms with Crippen LogP contribution in [0.1, 0.15) is 24.3 Å². The lowest BCUT2D eigenvalue weighted by atomic mass is 10.2. The van der Waals surface area contributed by atoms with Gasteiger partial charge in [-0.05, 0) is 18.1 Å². The maximum Gasteiger partial charge on any atom is 0.273 e. The topological polar surface area (TPSA) is 68.0 Å². The predicted octanol–water partition coefficient (Wildman–Crippen LogP) is 2.12. The van der Waals surface area contributed by atoms with Crippen molar-refractivity contribution in [3.63, 3.8) is 0 Å². The summed E-state index contributed by atoms with van der Waals surface area (Å²) in [4.78, 5) is 15.7. The summed E-state index contributed by atoms with van der Waals surface area (Å²) in [5.74, 6) is 0.721. The average Bonchev–Trinajstić information content (AvgIpc) is 2.86. The molecule has 0 aromatic carbocycles. The first kappa shape index (κ1) is 12.3. The Labute approximate surface area is 105 Å². The smallest absolute Gasteiger partial charge is 0.273 e. The Hall–Kier alpha value is -2.17. The molecule has 2 heterocycles. The van der Waals surface area contributed by atoms with E-state index >= 15 is 0 Å². The maximum absolute atomic E-state index is 11.7. The van der Waals surface area contributed by atoms with Gasteiger partial charge in [0.05, 0.1) is 0 Å². The van der Waals surface area contributed by atoms with Gasteiger partial charge in [-0.1, -0.05) is 19.0 Å². The van der Waals surface area contributed by atoms with Crippen LogP contribution in [0, 0.1) is 5.92 Å². The molecule has 2 aromatic rings. The molecular weight excluding hydrogens is 230 g/mol. The number of hydrogen-bond donors (Lipinski definition) is 1. The normalized spacial score (nSPS) is 10.6. The van der Waals surface area contributed by atoms with Gasteiger partial charge in [-0.25, -0.2) is 0 Å². The fourth-order valence-electron chi connectivity index (χ4n) is 1.41. The second kappa shape index (κ2) is 5.44. The van der Waals surface area contributed by atoms with E-state index in [1.807, 2.05) is 19.9 Å². The third-order valence-corrected chi connectivity index (χ3v) is 2.36. The molecule has 0 fully saturated rings. The molecule has 0 saturated carbocycles. The molecule has 94 valence electrons. The number of hydrogen-bond acceptors (Lipinski definition) is 4. The van der Waals surface area contributed by atoms with Crippen molar-refractivity contribution < 1.29 is 9.32 Å². The molecule has 18 heavy (non-hydrogen) atoms. The highest BCUT2D eigenvalue weighted by molar-refractivity contribution is 5.93. The molecule has 2 rings (SSSR count). The summed E-state index contributed by atoms with van der Waals surface area (Å²) in [7, 11) is 0. The van der Waals surface area contributed by atoms with Crippen molar-refractivity contribution in [3.05, 3.63) is 36.3 Å². The number of rotatable bonds is 4. The number of aromatic nitrogens is 2. The van der Waals surface area contributed by atoms with Crippen molar-refractivity contribution in [2.45, 2.75) is 13.8 Å². The average molecular weight is 245 g/mol. The van der Waals surface area contributed by atoms with Gasteiger partial charge in [0, 0.05) is 30.6 Å². The van der Waals surface area contributed by atoms with Crippen LogP contribution in [0.4, 0.5) is 0 Å². The summed E-state index contributed by atoms with van der Waals surface area (Å²) in [6, 6.07) is 5.27. The highest BCUT2D eigenvalue weighted by Gasteiger charge is 2.13. The zero-order valence-corrected chi connectivity index (χ0v) is 10.4. The first-order valence-electron chi connectivity index (χ1n) is 5.82. The SMILES string of the molecule is CC(C)CNC(=O)c1cc(-c2cccnc2)on1. The first-order valence-corrected chi connectivity index (χ1v) is 5.82. The zero-order valence-electron chi connectivity index (χ0n) is 10.4. The number of carbonyl (C=O) groups excluding carboxylic acids is 1. The minimum atomic E-state index is -0.220. The van der Waals surface area contributed by atoms with Crippen molar-refractivity contribution in [3.8, 4) is 11.3 Å². The van der Waals surface area contributed by atoms with E-state index in [-0.39, 0.29) is 11.6 Å². The minimum Gasteiger partial charge on any atom is -0.355 e. The van der Waals surface area contributed by atoms with E-state index < -0.39 is 0 Å². The van der Waals surface area contributed by atoms with Gasteiger partial charge in [-0.3, -0.25) is 9.78 Å². The van der Waals surface area contributed by atoms with E-state index in [9.17, 15) is 4.79 Å². The van der Waals surface area contributed by atoms with Crippen LogP contribution in [-0.4, -0.2) is 22.6 Å². The molecule has 0 spiro atoms. The van der Waals surface area contributed by atoms with Crippen LogP contribution in [0.25, 0.3) is 11.3 Å². The fourth-order valence-corrected chi connectivity index (χ4v) is 1.41. The van der Waals surface area contributed by atoms with Crippen molar-refractivity contribution in [1.29, 1.82) is 0 Å². The molecule has 0 radical (unpaired) electrons. The van der Waals surface area contributed by atoms with Crippen molar-refractivity contribution in [2.75, 3.05) is 6.54 Å².